The molecule has 1 saturated carbocycles. The molecule has 0 spiro atoms. The zero-order valence-electron chi connectivity index (χ0n) is 9.32. The van der Waals surface area contributed by atoms with Crippen molar-refractivity contribution in [1.82, 2.24) is 5.32 Å². The molecule has 4 heteroatoms. The van der Waals surface area contributed by atoms with Crippen LogP contribution >= 0.6 is 0 Å². The average Bonchev–Trinajstić information content (AvgIpc) is 2.93. The molecule has 1 rings (SSSR count). The Morgan fingerprint density at radius 2 is 2.00 bits per heavy atom. The fraction of sp³-hybridized carbons (Fsp3) is 0.818. The normalized spacial score (nSPS) is 17.5. The number of aliphatic carboxylic acids is 1. The van der Waals surface area contributed by atoms with Crippen molar-refractivity contribution in [3.05, 3.63) is 0 Å². The van der Waals surface area contributed by atoms with Gasteiger partial charge >= 0.3 is 5.97 Å². The number of amides is 1. The number of carboxylic acids is 1. The first kappa shape index (κ1) is 12.0. The number of nitrogens with one attached hydrogen (secondary N) is 1. The first-order valence-electron chi connectivity index (χ1n) is 5.53. The Balaban J connectivity index is 2.28. The van der Waals surface area contributed by atoms with Gasteiger partial charge in [-0.2, -0.15) is 0 Å². The largest absolute Gasteiger partial charge is 0.480 e. The van der Waals surface area contributed by atoms with Crippen LogP contribution in [0.15, 0.2) is 0 Å². The van der Waals surface area contributed by atoms with Crippen LogP contribution in [-0.4, -0.2) is 23.0 Å². The Kier molecular flexibility index (Phi) is 4.12. The smallest absolute Gasteiger partial charge is 0.326 e. The summed E-state index contributed by atoms with van der Waals surface area (Å²) in [5.74, 6) is -0.460. The Hall–Kier alpha value is -1.06. The summed E-state index contributed by atoms with van der Waals surface area (Å²) >= 11 is 0. The van der Waals surface area contributed by atoms with Gasteiger partial charge < -0.3 is 10.4 Å². The summed E-state index contributed by atoms with van der Waals surface area (Å²) in [4.78, 5) is 22.2. The van der Waals surface area contributed by atoms with Gasteiger partial charge in [0.25, 0.3) is 0 Å². The average molecular weight is 213 g/mol. The minimum Gasteiger partial charge on any atom is -0.480 e. The molecule has 86 valence electrons. The first-order chi connectivity index (χ1) is 7.00. The van der Waals surface area contributed by atoms with Crippen LogP contribution in [0.3, 0.4) is 0 Å². The van der Waals surface area contributed by atoms with Gasteiger partial charge in [-0.15, -0.1) is 0 Å². The minimum atomic E-state index is -0.954. The van der Waals surface area contributed by atoms with Gasteiger partial charge in [0.15, 0.2) is 0 Å². The van der Waals surface area contributed by atoms with E-state index in [1.165, 1.54) is 12.8 Å². The van der Waals surface area contributed by atoms with E-state index in [4.69, 9.17) is 5.11 Å². The molecule has 4 nitrogen and oxygen atoms in total. The van der Waals surface area contributed by atoms with Crippen molar-refractivity contribution in [3.8, 4) is 0 Å². The van der Waals surface area contributed by atoms with E-state index in [-0.39, 0.29) is 11.8 Å². The van der Waals surface area contributed by atoms with Gasteiger partial charge in [0.1, 0.15) is 6.04 Å². The number of rotatable bonds is 6. The summed E-state index contributed by atoms with van der Waals surface area (Å²) in [6.45, 7) is 3.58. The van der Waals surface area contributed by atoms with Crippen molar-refractivity contribution in [2.24, 2.45) is 11.8 Å². The lowest BCUT2D eigenvalue weighted by molar-refractivity contribution is -0.143. The minimum absolute atomic E-state index is 0.0765. The fourth-order valence-corrected chi connectivity index (χ4v) is 1.50. The zero-order valence-corrected chi connectivity index (χ0v) is 9.32. The SMILES string of the molecule is CC(C)C(NC(=O)CCC1CC1)C(=O)O. The molecule has 2 N–H and O–H groups in total. The van der Waals surface area contributed by atoms with E-state index < -0.39 is 12.0 Å². The Bertz CT molecular complexity index is 246. The topological polar surface area (TPSA) is 66.4 Å². The van der Waals surface area contributed by atoms with Crippen molar-refractivity contribution in [3.63, 3.8) is 0 Å². The van der Waals surface area contributed by atoms with Gasteiger partial charge in [-0.3, -0.25) is 4.79 Å². The number of hydrogen-bond donors (Lipinski definition) is 2. The van der Waals surface area contributed by atoms with Gasteiger partial charge in [-0.1, -0.05) is 26.7 Å². The van der Waals surface area contributed by atoms with Gasteiger partial charge in [0.2, 0.25) is 5.91 Å². The van der Waals surface area contributed by atoms with E-state index in [0.29, 0.717) is 12.3 Å². The highest BCUT2D eigenvalue weighted by Gasteiger charge is 2.25. The van der Waals surface area contributed by atoms with Crippen LogP contribution in [0, 0.1) is 11.8 Å². The van der Waals surface area contributed by atoms with Crippen LogP contribution < -0.4 is 5.32 Å². The van der Waals surface area contributed by atoms with Gasteiger partial charge in [-0.25, -0.2) is 4.79 Å². The third-order valence-corrected chi connectivity index (χ3v) is 2.73. The Morgan fingerprint density at radius 3 is 2.40 bits per heavy atom. The van der Waals surface area contributed by atoms with Crippen LogP contribution in [0.5, 0.6) is 0 Å². The van der Waals surface area contributed by atoms with Gasteiger partial charge in [0, 0.05) is 6.42 Å². The molecule has 0 bridgehead atoms. The fourth-order valence-electron chi connectivity index (χ4n) is 1.50. The molecule has 1 amide bonds. The van der Waals surface area contributed by atoms with Crippen LogP contribution in [0.4, 0.5) is 0 Å². The predicted octanol–water partition coefficient (Wildman–Crippen LogP) is 1.40. The van der Waals surface area contributed by atoms with Crippen molar-refractivity contribution >= 4 is 11.9 Å². The lowest BCUT2D eigenvalue weighted by Gasteiger charge is -2.17. The highest BCUT2D eigenvalue weighted by atomic mass is 16.4. The molecular weight excluding hydrogens is 194 g/mol. The first-order valence-corrected chi connectivity index (χ1v) is 5.53. The van der Waals surface area contributed by atoms with E-state index in [9.17, 15) is 9.59 Å². The molecule has 1 atom stereocenters. The highest BCUT2D eigenvalue weighted by molar-refractivity contribution is 5.83. The Morgan fingerprint density at radius 1 is 1.40 bits per heavy atom. The third kappa shape index (κ3) is 4.32. The molecule has 0 heterocycles. The molecule has 15 heavy (non-hydrogen) atoms. The monoisotopic (exact) mass is 213 g/mol. The van der Waals surface area contributed by atoms with E-state index >= 15 is 0 Å². The highest BCUT2D eigenvalue weighted by Crippen LogP contribution is 2.33. The molecule has 0 saturated heterocycles. The second-order valence-corrected chi connectivity index (χ2v) is 4.61. The maximum Gasteiger partial charge on any atom is 0.326 e. The quantitative estimate of drug-likeness (QED) is 0.701. The van der Waals surface area contributed by atoms with Crippen molar-refractivity contribution < 1.29 is 14.7 Å². The predicted molar refractivity (Wildman–Crippen MR) is 56.4 cm³/mol. The van der Waals surface area contributed by atoms with Crippen LogP contribution in [-0.2, 0) is 9.59 Å². The summed E-state index contributed by atoms with van der Waals surface area (Å²) in [6, 6.07) is -0.753. The second-order valence-electron chi connectivity index (χ2n) is 4.61. The summed E-state index contributed by atoms with van der Waals surface area (Å²) in [5, 5.41) is 11.4. The van der Waals surface area contributed by atoms with E-state index in [2.05, 4.69) is 5.32 Å². The Labute approximate surface area is 90.0 Å². The molecule has 0 radical (unpaired) electrons. The maximum atomic E-state index is 11.4. The lowest BCUT2D eigenvalue weighted by atomic mass is 10.0. The van der Waals surface area contributed by atoms with Crippen molar-refractivity contribution in [1.29, 1.82) is 0 Å². The van der Waals surface area contributed by atoms with Crippen molar-refractivity contribution in [2.45, 2.75) is 45.6 Å². The van der Waals surface area contributed by atoms with Gasteiger partial charge in [-0.05, 0) is 18.3 Å². The number of carbonyl (C=O) groups is 2. The molecule has 0 aromatic rings. The van der Waals surface area contributed by atoms with E-state index in [1.54, 1.807) is 13.8 Å². The molecule has 1 aliphatic carbocycles. The molecular formula is C11H19NO3. The van der Waals surface area contributed by atoms with E-state index in [0.717, 1.165) is 6.42 Å². The number of hydrogen-bond acceptors (Lipinski definition) is 2. The number of carbonyl (C=O) groups excluding carboxylic acids is 1. The van der Waals surface area contributed by atoms with Gasteiger partial charge in [0.05, 0.1) is 0 Å². The molecule has 1 fully saturated rings. The van der Waals surface area contributed by atoms with Crippen molar-refractivity contribution in [2.75, 3.05) is 0 Å². The standard InChI is InChI=1S/C11H19NO3/c1-7(2)10(11(14)15)12-9(13)6-5-8-3-4-8/h7-8,10H,3-6H2,1-2H3,(H,12,13)(H,14,15). The lowest BCUT2D eigenvalue weighted by Crippen LogP contribution is -2.44. The molecule has 0 aromatic carbocycles. The summed E-state index contributed by atoms with van der Waals surface area (Å²) < 4.78 is 0. The van der Waals surface area contributed by atoms with Crippen LogP contribution in [0.1, 0.15) is 39.5 Å². The van der Waals surface area contributed by atoms with E-state index in [1.807, 2.05) is 0 Å². The number of carboxylic acid groups (broad SMARTS) is 1. The zero-order chi connectivity index (χ0) is 11.4. The molecule has 0 aliphatic heterocycles. The molecule has 0 aromatic heterocycles. The summed E-state index contributed by atoms with van der Waals surface area (Å²) in [6.07, 6.45) is 3.80. The van der Waals surface area contributed by atoms with Crippen LogP contribution in [0.25, 0.3) is 0 Å². The third-order valence-electron chi connectivity index (χ3n) is 2.73. The summed E-state index contributed by atoms with van der Waals surface area (Å²) in [7, 11) is 0. The summed E-state index contributed by atoms with van der Waals surface area (Å²) in [5.41, 5.74) is 0. The maximum absolute atomic E-state index is 11.4. The molecule has 1 unspecified atom stereocenters. The van der Waals surface area contributed by atoms with Crippen LogP contribution in [0.2, 0.25) is 0 Å². The molecule has 1 aliphatic rings. The second kappa shape index (κ2) is 5.14.